The molecular formula is C71H58N7OPt-3. The van der Waals surface area contributed by atoms with Crippen molar-refractivity contribution in [3.8, 4) is 73.7 Å². The summed E-state index contributed by atoms with van der Waals surface area (Å²) in [6, 6.07) is 44.9. The molecule has 80 heavy (non-hydrogen) atoms. The van der Waals surface area contributed by atoms with Gasteiger partial charge in [0.25, 0.3) is 0 Å². The molecule has 0 N–H and O–H groups in total. The summed E-state index contributed by atoms with van der Waals surface area (Å²) >= 11 is 0. The first-order valence-corrected chi connectivity index (χ1v) is 26.3. The van der Waals surface area contributed by atoms with Gasteiger partial charge in [-0.3, -0.25) is 0 Å². The van der Waals surface area contributed by atoms with Gasteiger partial charge in [0.1, 0.15) is 11.6 Å². The number of hydrogen-bond acceptors (Lipinski definition) is 7. The van der Waals surface area contributed by atoms with E-state index in [2.05, 4.69) is 88.6 Å². The Bertz CT molecular complexity index is 4550. The predicted molar refractivity (Wildman–Crippen MR) is 322 cm³/mol. The predicted octanol–water partition coefficient (Wildman–Crippen LogP) is 17.7. The van der Waals surface area contributed by atoms with E-state index < -0.39 is 60.4 Å². The monoisotopic (exact) mass is 1230 g/mol. The maximum atomic E-state index is 9.18. The standard InChI is InChI=1S/C71H58N7O.Pt/c1-70(2,3)51-38-34-49(35-39-51)67-73-68(50-36-40-52(41-37-50)71(4,5)6)75-69(74-67)59-44-58-57-27-13-14-30-60(57)78(65-33-17-18-42-72-65)63(58)45-64(59)79-54-26-19-25-53(43-54)76-46-77(62-32-16-15-31-61(62)76)66-55(47-21-9-7-10-22-47)28-20-29-56(66)48-23-11-8-12-24-48;/h7-14,16-30,32-42,44,46H,15,31H2,1-6H3;/q-3;/i7D,8D,9D,10D,11D,12D,21D,22D,23D,24D;. The Balaban J connectivity index is 0.00000785. The molecule has 0 saturated carbocycles. The van der Waals surface area contributed by atoms with Crippen LogP contribution in [0.3, 0.4) is 0 Å². The van der Waals surface area contributed by atoms with Gasteiger partial charge in [-0.1, -0.05) is 205 Å². The zero-order valence-corrected chi connectivity index (χ0v) is 47.1. The molecule has 0 amide bonds. The van der Waals surface area contributed by atoms with Crippen LogP contribution in [0.15, 0.2) is 224 Å². The van der Waals surface area contributed by atoms with Crippen molar-refractivity contribution in [1.29, 1.82) is 0 Å². The van der Waals surface area contributed by atoms with Crippen LogP contribution in [0.5, 0.6) is 11.5 Å². The molecule has 0 saturated heterocycles. The first-order valence-electron chi connectivity index (χ1n) is 31.3. The molecule has 0 fully saturated rings. The Hall–Kier alpha value is -8.71. The van der Waals surface area contributed by atoms with Crippen molar-refractivity contribution in [2.75, 3.05) is 9.80 Å². The fraction of sp³-hybridized carbons (Fsp3) is 0.141. The van der Waals surface area contributed by atoms with E-state index in [1.54, 1.807) is 42.0 Å². The topological polar surface area (TPSA) is 72.2 Å². The molecule has 3 aromatic heterocycles. The first-order chi connectivity index (χ1) is 42.6. The first kappa shape index (κ1) is 41.4. The fourth-order valence-corrected chi connectivity index (χ4v) is 10.3. The molecule has 0 unspecified atom stereocenters. The Morgan fingerprint density at radius 1 is 0.575 bits per heavy atom. The number of pyridine rings is 1. The van der Waals surface area contributed by atoms with Crippen LogP contribution in [0.4, 0.5) is 11.4 Å². The van der Waals surface area contributed by atoms with Crippen molar-refractivity contribution in [3.63, 3.8) is 0 Å². The Kier molecular flexibility index (Phi) is 10.9. The van der Waals surface area contributed by atoms with Crippen LogP contribution >= 0.6 is 0 Å². The fourth-order valence-electron chi connectivity index (χ4n) is 10.3. The van der Waals surface area contributed by atoms with Crippen molar-refractivity contribution in [1.82, 2.24) is 24.5 Å². The van der Waals surface area contributed by atoms with Gasteiger partial charge in [0.15, 0.2) is 11.6 Å². The molecule has 8 aromatic carbocycles. The normalized spacial score (nSPS) is 15.2. The number of rotatable bonds is 10. The minimum absolute atomic E-state index is 0. The van der Waals surface area contributed by atoms with Crippen LogP contribution in [0.25, 0.3) is 84.0 Å². The molecular weight excluding hydrogens is 1160 g/mol. The summed E-state index contributed by atoms with van der Waals surface area (Å²) in [4.78, 5) is 24.2. The molecule has 13 rings (SSSR count). The van der Waals surface area contributed by atoms with Crippen LogP contribution in [0, 0.1) is 18.8 Å². The largest absolute Gasteiger partial charge is 0.508 e. The molecule has 8 nitrogen and oxygen atoms in total. The Morgan fingerprint density at radius 3 is 1.79 bits per heavy atom. The second kappa shape index (κ2) is 21.2. The minimum atomic E-state index is -0.573. The summed E-state index contributed by atoms with van der Waals surface area (Å²) in [5, 5.41) is 1.79. The zero-order chi connectivity index (χ0) is 62.5. The van der Waals surface area contributed by atoms with Gasteiger partial charge in [0.2, 0.25) is 0 Å². The van der Waals surface area contributed by atoms with E-state index >= 15 is 0 Å². The molecule has 396 valence electrons. The van der Waals surface area contributed by atoms with E-state index in [-0.39, 0.29) is 65.6 Å². The SMILES string of the molecule is [2H]c1c([2H])c([2H])c(-c2cccc(-c3c([2H])c([2H])c([2H])c([2H])c3[2H])c2N2[CH-]N(c3[c-]c(Oc4[c-]c5c(cc4-c4nc(-c6ccc(C(C)(C)C)cc6)nc(-c6ccc(C(C)(C)C)cc6)n4)c4ccccc4n5-c4ccccn4)ccc3)C3=C2C=CCC3)c([2H])c1[2H].[Pt]. The van der Waals surface area contributed by atoms with Crippen molar-refractivity contribution < 1.29 is 39.5 Å². The second-order valence-electron chi connectivity index (χ2n) is 21.6. The minimum Gasteiger partial charge on any atom is -0.508 e. The summed E-state index contributed by atoms with van der Waals surface area (Å²) < 4.78 is 97.7. The molecule has 1 aliphatic carbocycles. The summed E-state index contributed by atoms with van der Waals surface area (Å²) in [5.74, 6) is 2.51. The number of benzene rings is 8. The number of ether oxygens (including phenoxy) is 1. The molecule has 9 heteroatoms. The molecule has 11 aromatic rings. The van der Waals surface area contributed by atoms with Crippen molar-refractivity contribution in [2.24, 2.45) is 0 Å². The van der Waals surface area contributed by atoms with Gasteiger partial charge >= 0.3 is 0 Å². The van der Waals surface area contributed by atoms with E-state index in [9.17, 15) is 5.48 Å². The van der Waals surface area contributed by atoms with Gasteiger partial charge in [-0.05, 0) is 81.2 Å². The third kappa shape index (κ3) is 9.83. The number of fused-ring (bicyclic) bond motifs is 3. The van der Waals surface area contributed by atoms with Crippen LogP contribution in [-0.2, 0) is 31.9 Å². The summed E-state index contributed by atoms with van der Waals surface area (Å²) in [5.41, 5.74) is 8.12. The molecule has 4 heterocycles. The third-order valence-corrected chi connectivity index (χ3v) is 14.4. The number of aromatic nitrogens is 5. The molecule has 0 spiro atoms. The van der Waals surface area contributed by atoms with E-state index in [0.717, 1.165) is 44.2 Å². The zero-order valence-electron chi connectivity index (χ0n) is 54.8. The average molecular weight is 1230 g/mol. The summed E-state index contributed by atoms with van der Waals surface area (Å²) in [7, 11) is 0. The number of allylic oxidation sites excluding steroid dienone is 3. The Morgan fingerprint density at radius 2 is 1.18 bits per heavy atom. The number of hydrogen-bond donors (Lipinski definition) is 0. The number of nitrogens with zero attached hydrogens (tertiary/aromatic N) is 7. The maximum Gasteiger partial charge on any atom is 0.162 e. The van der Waals surface area contributed by atoms with Gasteiger partial charge in [-0.2, -0.15) is 6.07 Å². The van der Waals surface area contributed by atoms with Crippen LogP contribution in [-0.4, -0.2) is 24.5 Å². The molecule has 0 radical (unpaired) electrons. The quantitative estimate of drug-likeness (QED) is 0.126. The van der Waals surface area contributed by atoms with Gasteiger partial charge in [0, 0.05) is 83.6 Å². The molecule has 0 bridgehead atoms. The van der Waals surface area contributed by atoms with Crippen LogP contribution in [0.1, 0.15) is 79.2 Å². The molecule has 2 aliphatic rings. The van der Waals surface area contributed by atoms with Crippen molar-refractivity contribution in [2.45, 2.75) is 65.2 Å². The van der Waals surface area contributed by atoms with E-state index in [0.29, 0.717) is 64.3 Å². The van der Waals surface area contributed by atoms with Crippen molar-refractivity contribution >= 4 is 33.2 Å². The van der Waals surface area contributed by atoms with Crippen LogP contribution in [0.2, 0.25) is 0 Å². The van der Waals surface area contributed by atoms with Crippen LogP contribution < -0.4 is 14.5 Å². The summed E-state index contributed by atoms with van der Waals surface area (Å²) in [6.07, 6.45) is 6.84. The Labute approximate surface area is 497 Å². The van der Waals surface area contributed by atoms with Gasteiger partial charge in [-0.25, -0.2) is 19.9 Å². The van der Waals surface area contributed by atoms with E-state index in [1.807, 2.05) is 95.9 Å². The molecule has 1 aliphatic heterocycles. The van der Waals surface area contributed by atoms with E-state index in [1.165, 1.54) is 0 Å². The number of anilines is 2. The second-order valence-corrected chi connectivity index (χ2v) is 21.6. The molecule has 0 atom stereocenters. The third-order valence-electron chi connectivity index (χ3n) is 14.4. The van der Waals surface area contributed by atoms with Gasteiger partial charge in [-0.15, -0.1) is 48.1 Å². The van der Waals surface area contributed by atoms with E-state index in [4.69, 9.17) is 32.9 Å². The van der Waals surface area contributed by atoms with Gasteiger partial charge in [0.05, 0.1) is 13.7 Å². The van der Waals surface area contributed by atoms with Gasteiger partial charge < -0.3 is 19.1 Å². The smallest absolute Gasteiger partial charge is 0.162 e. The summed E-state index contributed by atoms with van der Waals surface area (Å²) in [6.45, 7) is 14.9. The van der Waals surface area contributed by atoms with Crippen molar-refractivity contribution in [3.05, 3.63) is 254 Å². The maximum absolute atomic E-state index is 9.18. The number of para-hydroxylation sites is 2. The average Bonchev–Trinajstić information content (AvgIpc) is 1.50.